The normalized spacial score (nSPS) is 16.8. The molecule has 0 spiro atoms. The van der Waals surface area contributed by atoms with Crippen molar-refractivity contribution in [3.8, 4) is 11.5 Å². The Morgan fingerprint density at radius 1 is 0.941 bits per heavy atom. The Labute approximate surface area is 199 Å². The van der Waals surface area contributed by atoms with Crippen LogP contribution in [0.1, 0.15) is 12.0 Å². The first-order chi connectivity index (χ1) is 16.4. The monoisotopic (exact) mass is 485 g/mol. The number of nitrogens with zero attached hydrogens (tertiary/aromatic N) is 2. The predicted octanol–water partition coefficient (Wildman–Crippen LogP) is 1.51. The number of hydrogen-bond acceptors (Lipinski definition) is 6. The Morgan fingerprint density at radius 2 is 1.65 bits per heavy atom. The molecule has 1 fully saturated rings. The number of rotatable bonds is 6. The molecule has 0 saturated carbocycles. The molecule has 0 aliphatic carbocycles. The summed E-state index contributed by atoms with van der Waals surface area (Å²) < 4.78 is 38.7. The van der Waals surface area contributed by atoms with E-state index in [0.717, 1.165) is 12.0 Å². The van der Waals surface area contributed by atoms with E-state index in [0.29, 0.717) is 24.7 Å². The number of hydrogen-bond donors (Lipinski definition) is 1. The Balaban J connectivity index is 1.28. The minimum Gasteiger partial charge on any atom is -0.490 e. The lowest BCUT2D eigenvalue weighted by Crippen LogP contribution is -2.52. The molecule has 1 saturated heterocycles. The predicted molar refractivity (Wildman–Crippen MR) is 126 cm³/mol. The van der Waals surface area contributed by atoms with Crippen LogP contribution in [0.3, 0.4) is 0 Å². The van der Waals surface area contributed by atoms with Gasteiger partial charge in [0.1, 0.15) is 0 Å². The molecule has 0 bridgehead atoms. The maximum Gasteiger partial charge on any atom is 0.244 e. The molecule has 1 N–H and O–H groups in total. The lowest BCUT2D eigenvalue weighted by Gasteiger charge is -2.34. The number of carbonyl (C=O) groups is 2. The second-order valence-electron chi connectivity index (χ2n) is 7.91. The van der Waals surface area contributed by atoms with Crippen molar-refractivity contribution in [1.82, 2.24) is 14.5 Å². The first-order valence-electron chi connectivity index (χ1n) is 11.1. The largest absolute Gasteiger partial charge is 0.490 e. The van der Waals surface area contributed by atoms with Crippen LogP contribution in [0.2, 0.25) is 0 Å². The summed E-state index contributed by atoms with van der Waals surface area (Å²) in [6.07, 6.45) is 3.78. The van der Waals surface area contributed by atoms with Gasteiger partial charge in [-0.3, -0.25) is 9.59 Å². The number of nitrogens with one attached hydrogen (secondary N) is 1. The summed E-state index contributed by atoms with van der Waals surface area (Å²) in [6.45, 7) is 1.69. The van der Waals surface area contributed by atoms with Gasteiger partial charge in [0.25, 0.3) is 0 Å². The molecule has 10 heteroatoms. The van der Waals surface area contributed by atoms with E-state index in [1.165, 1.54) is 22.5 Å². The molecule has 0 atom stereocenters. The van der Waals surface area contributed by atoms with Crippen molar-refractivity contribution in [2.24, 2.45) is 0 Å². The van der Waals surface area contributed by atoms with Crippen LogP contribution in [0, 0.1) is 0 Å². The molecule has 2 heterocycles. The summed E-state index contributed by atoms with van der Waals surface area (Å²) in [5.74, 6) is 0.332. The number of fused-ring (bicyclic) bond motifs is 1. The van der Waals surface area contributed by atoms with Crippen LogP contribution in [-0.4, -0.2) is 75.4 Å². The van der Waals surface area contributed by atoms with Crippen molar-refractivity contribution in [3.63, 3.8) is 0 Å². The molecule has 9 nitrogen and oxygen atoms in total. The van der Waals surface area contributed by atoms with Gasteiger partial charge in [-0.1, -0.05) is 30.3 Å². The van der Waals surface area contributed by atoms with Gasteiger partial charge in [-0.05, 0) is 23.8 Å². The molecular weight excluding hydrogens is 458 g/mol. The number of piperazine rings is 1. The van der Waals surface area contributed by atoms with E-state index in [-0.39, 0.29) is 49.4 Å². The van der Waals surface area contributed by atoms with E-state index in [9.17, 15) is 18.0 Å². The van der Waals surface area contributed by atoms with Crippen molar-refractivity contribution >= 4 is 27.9 Å². The smallest absolute Gasteiger partial charge is 0.244 e. The van der Waals surface area contributed by atoms with Crippen molar-refractivity contribution in [1.29, 1.82) is 0 Å². The van der Waals surface area contributed by atoms with E-state index >= 15 is 0 Å². The highest BCUT2D eigenvalue weighted by Gasteiger charge is 2.31. The lowest BCUT2D eigenvalue weighted by atomic mass is 10.2. The highest BCUT2D eigenvalue weighted by atomic mass is 32.2. The van der Waals surface area contributed by atoms with Crippen molar-refractivity contribution in [2.45, 2.75) is 11.3 Å². The van der Waals surface area contributed by atoms with Crippen LogP contribution in [0.25, 0.3) is 6.08 Å². The molecule has 2 aliphatic heterocycles. The van der Waals surface area contributed by atoms with E-state index in [4.69, 9.17) is 9.47 Å². The summed E-state index contributed by atoms with van der Waals surface area (Å²) in [7, 11) is -3.74. The van der Waals surface area contributed by atoms with Gasteiger partial charge in [0.05, 0.1) is 24.7 Å². The van der Waals surface area contributed by atoms with Gasteiger partial charge in [0, 0.05) is 44.7 Å². The maximum atomic E-state index is 13.1. The number of amides is 2. The molecule has 0 aromatic heterocycles. The van der Waals surface area contributed by atoms with Crippen LogP contribution in [0.5, 0.6) is 11.5 Å². The van der Waals surface area contributed by atoms with E-state index in [2.05, 4.69) is 5.32 Å². The van der Waals surface area contributed by atoms with Crippen LogP contribution in [-0.2, 0) is 19.6 Å². The third kappa shape index (κ3) is 5.75. The minimum absolute atomic E-state index is 0.133. The zero-order valence-electron chi connectivity index (χ0n) is 18.7. The fourth-order valence-electron chi connectivity index (χ4n) is 3.70. The van der Waals surface area contributed by atoms with Gasteiger partial charge in [0.2, 0.25) is 21.8 Å². The van der Waals surface area contributed by atoms with Gasteiger partial charge in [0.15, 0.2) is 11.5 Å². The number of carbonyl (C=O) groups excluding carboxylic acids is 2. The van der Waals surface area contributed by atoms with Gasteiger partial charge < -0.3 is 19.7 Å². The Morgan fingerprint density at radius 3 is 2.38 bits per heavy atom. The quantitative estimate of drug-likeness (QED) is 0.622. The average molecular weight is 486 g/mol. The van der Waals surface area contributed by atoms with Crippen molar-refractivity contribution in [2.75, 3.05) is 45.9 Å². The second kappa shape index (κ2) is 10.7. The molecular formula is C24H27N3O6S. The van der Waals surface area contributed by atoms with Gasteiger partial charge in [-0.15, -0.1) is 0 Å². The summed E-state index contributed by atoms with van der Waals surface area (Å²) >= 11 is 0. The fourth-order valence-corrected chi connectivity index (χ4v) is 5.14. The highest BCUT2D eigenvalue weighted by molar-refractivity contribution is 7.89. The van der Waals surface area contributed by atoms with Crippen LogP contribution >= 0.6 is 0 Å². The van der Waals surface area contributed by atoms with E-state index < -0.39 is 10.0 Å². The van der Waals surface area contributed by atoms with Crippen molar-refractivity contribution < 1.29 is 27.5 Å². The van der Waals surface area contributed by atoms with Gasteiger partial charge >= 0.3 is 0 Å². The SMILES string of the molecule is O=C(/C=C/c1ccccc1)NCC(=O)N1CCN(S(=O)(=O)c2ccc3c(c2)OCCCO3)CC1. The van der Waals surface area contributed by atoms with Gasteiger partial charge in [-0.2, -0.15) is 4.31 Å². The Kier molecular flexibility index (Phi) is 7.49. The summed E-state index contributed by atoms with van der Waals surface area (Å²) in [4.78, 5) is 26.2. The number of ether oxygens (including phenoxy) is 2. The molecule has 0 unspecified atom stereocenters. The topological polar surface area (TPSA) is 105 Å². The third-order valence-corrected chi connectivity index (χ3v) is 7.48. The first-order valence-corrected chi connectivity index (χ1v) is 12.6. The van der Waals surface area contributed by atoms with Crippen LogP contribution < -0.4 is 14.8 Å². The standard InChI is InChI=1S/C24H27N3O6S/c28-23(10-7-19-5-2-1-3-6-19)25-18-24(29)26-11-13-27(14-12-26)34(30,31)20-8-9-21-22(17-20)33-16-4-15-32-21/h1-3,5-10,17H,4,11-16,18H2,(H,25,28)/b10-7+. The Bertz CT molecular complexity index is 1160. The molecule has 2 aromatic carbocycles. The average Bonchev–Trinajstić information content (AvgIpc) is 3.11. The molecule has 2 aromatic rings. The molecule has 180 valence electrons. The van der Waals surface area contributed by atoms with Crippen LogP contribution in [0.15, 0.2) is 59.5 Å². The van der Waals surface area contributed by atoms with Gasteiger partial charge in [-0.25, -0.2) is 8.42 Å². The molecule has 0 radical (unpaired) electrons. The summed E-state index contributed by atoms with van der Waals surface area (Å²) in [5.41, 5.74) is 0.884. The minimum atomic E-state index is -3.74. The lowest BCUT2D eigenvalue weighted by molar-refractivity contribution is -0.133. The first kappa shape index (κ1) is 23.8. The maximum absolute atomic E-state index is 13.1. The van der Waals surface area contributed by atoms with E-state index in [1.54, 1.807) is 17.0 Å². The number of benzene rings is 2. The number of sulfonamides is 1. The molecule has 4 rings (SSSR count). The summed E-state index contributed by atoms with van der Waals surface area (Å²) in [6, 6.07) is 14.0. The fraction of sp³-hybridized carbons (Fsp3) is 0.333. The zero-order chi connectivity index (χ0) is 24.0. The molecule has 2 aliphatic rings. The zero-order valence-corrected chi connectivity index (χ0v) is 19.5. The highest BCUT2D eigenvalue weighted by Crippen LogP contribution is 2.33. The van der Waals surface area contributed by atoms with Crippen LogP contribution in [0.4, 0.5) is 0 Å². The molecule has 34 heavy (non-hydrogen) atoms. The Hall–Kier alpha value is -3.37. The van der Waals surface area contributed by atoms with Crippen molar-refractivity contribution in [3.05, 3.63) is 60.2 Å². The molecule has 2 amide bonds. The second-order valence-corrected chi connectivity index (χ2v) is 9.84. The third-order valence-electron chi connectivity index (χ3n) is 5.59. The van der Waals surface area contributed by atoms with E-state index in [1.807, 2.05) is 30.3 Å². The summed E-state index contributed by atoms with van der Waals surface area (Å²) in [5, 5.41) is 2.58.